The summed E-state index contributed by atoms with van der Waals surface area (Å²) in [6, 6.07) is 15.2. The molecule has 0 radical (unpaired) electrons. The number of methoxy groups -OCH3 is 1. The third kappa shape index (κ3) is 4.09. The predicted molar refractivity (Wildman–Crippen MR) is 111 cm³/mol. The lowest BCUT2D eigenvalue weighted by Gasteiger charge is -1.97. The van der Waals surface area contributed by atoms with Crippen molar-refractivity contribution in [3.05, 3.63) is 75.5 Å². The number of hydrogen-bond donors (Lipinski definition) is 2. The van der Waals surface area contributed by atoms with Crippen LogP contribution in [-0.4, -0.2) is 23.6 Å². The number of nitrogens with zero attached hydrogens (tertiary/aromatic N) is 3. The molecule has 2 heterocycles. The molecule has 0 aliphatic heterocycles. The number of ether oxygens (including phenoxy) is 1. The zero-order chi connectivity index (χ0) is 20.2. The summed E-state index contributed by atoms with van der Waals surface area (Å²) < 4.78 is 11.7. The number of nitrogens with one attached hydrogen (secondary N) is 2. The van der Waals surface area contributed by atoms with Gasteiger partial charge in [-0.25, -0.2) is 9.78 Å². The summed E-state index contributed by atoms with van der Waals surface area (Å²) in [6.45, 7) is 2.03. The summed E-state index contributed by atoms with van der Waals surface area (Å²) in [7, 11) is 1.60. The predicted octanol–water partition coefficient (Wildman–Crippen LogP) is 3.13. The molecule has 0 spiro atoms. The normalized spacial score (nSPS) is 11.1. The van der Waals surface area contributed by atoms with Crippen LogP contribution in [0.5, 0.6) is 5.75 Å². The van der Waals surface area contributed by atoms with Crippen molar-refractivity contribution >= 4 is 22.7 Å². The lowest BCUT2D eigenvalue weighted by atomic mass is 10.2. The van der Waals surface area contributed by atoms with E-state index in [9.17, 15) is 4.79 Å². The third-order valence-electron chi connectivity index (χ3n) is 4.18. The first-order valence-electron chi connectivity index (χ1n) is 8.73. The van der Waals surface area contributed by atoms with Crippen molar-refractivity contribution < 1.29 is 13.9 Å². The maximum Gasteiger partial charge on any atom is 0.437 e. The maximum absolute atomic E-state index is 12.2. The second-order valence-electron chi connectivity index (χ2n) is 6.18. The number of aryl methyl sites for hydroxylation is 1. The van der Waals surface area contributed by atoms with Crippen LogP contribution in [0.15, 0.2) is 68.3 Å². The van der Waals surface area contributed by atoms with Crippen molar-refractivity contribution in [2.24, 2.45) is 5.10 Å². The number of aromatic amines is 1. The van der Waals surface area contributed by atoms with Crippen LogP contribution < -0.4 is 20.5 Å². The highest BCUT2D eigenvalue weighted by Crippen LogP contribution is 2.22. The molecule has 4 aromatic rings. The molecule has 0 amide bonds. The van der Waals surface area contributed by atoms with Crippen LogP contribution in [0.4, 0.5) is 5.13 Å². The molecular weight excluding hydrogens is 390 g/mol. The van der Waals surface area contributed by atoms with Gasteiger partial charge in [0.25, 0.3) is 0 Å². The van der Waals surface area contributed by atoms with E-state index in [1.165, 1.54) is 21.6 Å². The fourth-order valence-corrected chi connectivity index (χ4v) is 3.30. The average molecular weight is 408 g/mol. The van der Waals surface area contributed by atoms with Gasteiger partial charge >= 0.3 is 11.3 Å². The van der Waals surface area contributed by atoms with Gasteiger partial charge < -0.3 is 4.74 Å². The molecule has 0 atom stereocenters. The largest absolute Gasteiger partial charge is 0.497 e. The number of hydrazone groups is 1. The van der Waals surface area contributed by atoms with Gasteiger partial charge in [-0.1, -0.05) is 29.8 Å². The van der Waals surface area contributed by atoms with Gasteiger partial charge in [-0.05, 0) is 34.6 Å². The van der Waals surface area contributed by atoms with E-state index in [-0.39, 0.29) is 0 Å². The SMILES string of the molecule is COc1ccc(-[n+]2[nH]oc(=O)c2-c2csc(N/N=C/c3ccc(C)cc3)n2)cc1. The molecule has 9 heteroatoms. The van der Waals surface area contributed by atoms with Crippen molar-refractivity contribution in [3.63, 3.8) is 0 Å². The average Bonchev–Trinajstić information content (AvgIpc) is 3.36. The number of H-pyrrole nitrogens is 1. The summed E-state index contributed by atoms with van der Waals surface area (Å²) in [5.74, 6) is 0.716. The molecule has 0 bridgehead atoms. The molecule has 0 aliphatic rings. The quantitative estimate of drug-likeness (QED) is 0.290. The second-order valence-corrected chi connectivity index (χ2v) is 7.04. The lowest BCUT2D eigenvalue weighted by Crippen LogP contribution is -2.36. The summed E-state index contributed by atoms with van der Waals surface area (Å²) >= 11 is 1.34. The first-order valence-corrected chi connectivity index (χ1v) is 9.61. The van der Waals surface area contributed by atoms with E-state index in [2.05, 4.69) is 20.8 Å². The van der Waals surface area contributed by atoms with Crippen LogP contribution in [0.3, 0.4) is 0 Å². The maximum atomic E-state index is 12.2. The first-order chi connectivity index (χ1) is 14.1. The van der Waals surface area contributed by atoms with Gasteiger partial charge in [-0.2, -0.15) is 5.10 Å². The van der Waals surface area contributed by atoms with Gasteiger partial charge in [0.05, 0.1) is 13.3 Å². The van der Waals surface area contributed by atoms with E-state index in [4.69, 9.17) is 9.26 Å². The molecule has 8 nitrogen and oxygen atoms in total. The molecule has 29 heavy (non-hydrogen) atoms. The molecule has 0 unspecified atom stereocenters. The Labute approximate surface area is 170 Å². The Morgan fingerprint density at radius 1 is 1.21 bits per heavy atom. The van der Waals surface area contributed by atoms with Crippen molar-refractivity contribution in [1.82, 2.24) is 10.3 Å². The van der Waals surface area contributed by atoms with Crippen LogP contribution >= 0.6 is 11.3 Å². The standard InChI is InChI=1S/C20H17N5O3S/c1-13-3-5-14(6-4-13)11-21-23-20-22-17(12-29-20)18-19(26)28-24-25(18)15-7-9-16(27-2)10-8-15/h3-12H,1-2H3,(H-,22,23,24,26)/p+1/b21-11+. The Morgan fingerprint density at radius 3 is 2.69 bits per heavy atom. The zero-order valence-corrected chi connectivity index (χ0v) is 16.6. The first kappa shape index (κ1) is 18.6. The molecule has 2 aromatic heterocycles. The topological polar surface area (TPSA) is 96.4 Å². The number of anilines is 1. The van der Waals surface area contributed by atoms with Gasteiger partial charge in [0.15, 0.2) is 5.69 Å². The second kappa shape index (κ2) is 8.11. The molecule has 0 saturated carbocycles. The molecule has 2 aromatic carbocycles. The van der Waals surface area contributed by atoms with Crippen LogP contribution in [0, 0.1) is 6.92 Å². The Hall–Kier alpha value is -3.72. The van der Waals surface area contributed by atoms with E-state index in [1.54, 1.807) is 30.8 Å². The Balaban J connectivity index is 1.55. The van der Waals surface area contributed by atoms with Gasteiger partial charge in [0.2, 0.25) is 10.8 Å². The number of hydrogen-bond acceptors (Lipinski definition) is 7. The monoisotopic (exact) mass is 408 g/mol. The van der Waals surface area contributed by atoms with Crippen molar-refractivity contribution in [1.29, 1.82) is 0 Å². The van der Waals surface area contributed by atoms with Crippen molar-refractivity contribution in [2.75, 3.05) is 12.5 Å². The van der Waals surface area contributed by atoms with Gasteiger partial charge in [0, 0.05) is 17.5 Å². The fourth-order valence-electron chi connectivity index (χ4n) is 2.65. The van der Waals surface area contributed by atoms with Gasteiger partial charge in [-0.3, -0.25) is 9.95 Å². The smallest absolute Gasteiger partial charge is 0.437 e. The summed E-state index contributed by atoms with van der Waals surface area (Å²) in [6.07, 6.45) is 1.71. The van der Waals surface area contributed by atoms with Crippen LogP contribution in [-0.2, 0) is 0 Å². The fraction of sp³-hybridized carbons (Fsp3) is 0.100. The number of thiazole rings is 1. The minimum atomic E-state index is -0.513. The minimum absolute atomic E-state index is 0.294. The van der Waals surface area contributed by atoms with Crippen LogP contribution in [0.25, 0.3) is 17.1 Å². The van der Waals surface area contributed by atoms with E-state index >= 15 is 0 Å². The lowest BCUT2D eigenvalue weighted by molar-refractivity contribution is -0.660. The van der Waals surface area contributed by atoms with Crippen LogP contribution in [0.1, 0.15) is 11.1 Å². The van der Waals surface area contributed by atoms with E-state index < -0.39 is 5.63 Å². The highest BCUT2D eigenvalue weighted by Gasteiger charge is 2.27. The molecule has 2 N–H and O–H groups in total. The van der Waals surface area contributed by atoms with Crippen LogP contribution in [0.2, 0.25) is 0 Å². The van der Waals surface area contributed by atoms with Gasteiger partial charge in [-0.15, -0.1) is 11.3 Å². The molecule has 0 saturated heterocycles. The number of benzene rings is 2. The Bertz CT molecular complexity index is 1190. The number of rotatable bonds is 6. The van der Waals surface area contributed by atoms with E-state index in [0.29, 0.717) is 28.0 Å². The highest BCUT2D eigenvalue weighted by atomic mass is 32.1. The van der Waals surface area contributed by atoms with E-state index in [0.717, 1.165) is 5.56 Å². The number of aromatic nitrogens is 3. The summed E-state index contributed by atoms with van der Waals surface area (Å²) in [5.41, 5.74) is 6.03. The van der Waals surface area contributed by atoms with Crippen molar-refractivity contribution in [3.8, 4) is 22.8 Å². The minimum Gasteiger partial charge on any atom is -0.497 e. The highest BCUT2D eigenvalue weighted by molar-refractivity contribution is 7.14. The van der Waals surface area contributed by atoms with Gasteiger partial charge in [0.1, 0.15) is 5.75 Å². The molecule has 4 rings (SSSR count). The molecule has 146 valence electrons. The summed E-state index contributed by atoms with van der Waals surface area (Å²) in [5, 5.41) is 9.14. The Kier molecular flexibility index (Phi) is 5.21. The third-order valence-corrected chi connectivity index (χ3v) is 4.92. The zero-order valence-electron chi connectivity index (χ0n) is 15.7. The summed E-state index contributed by atoms with van der Waals surface area (Å²) in [4.78, 5) is 16.7. The Morgan fingerprint density at radius 2 is 1.97 bits per heavy atom. The molecule has 0 fully saturated rings. The molecular formula is C20H18N5O3S+. The molecule has 0 aliphatic carbocycles. The van der Waals surface area contributed by atoms with Crippen molar-refractivity contribution in [2.45, 2.75) is 6.92 Å². The van der Waals surface area contributed by atoms with E-state index in [1.807, 2.05) is 43.3 Å².